The van der Waals surface area contributed by atoms with Gasteiger partial charge in [0.15, 0.2) is 0 Å². The topological polar surface area (TPSA) is 0 Å². The predicted molar refractivity (Wildman–Crippen MR) is 281 cm³/mol. The van der Waals surface area contributed by atoms with Crippen molar-refractivity contribution in [2.45, 2.75) is 349 Å². The molecular formula is C58H121P. The monoisotopic (exact) mass is 849 g/mol. The molecule has 0 aliphatic carbocycles. The molecule has 0 saturated heterocycles. The van der Waals surface area contributed by atoms with Crippen molar-refractivity contribution < 1.29 is 0 Å². The summed E-state index contributed by atoms with van der Waals surface area (Å²) in [4.78, 5) is 0. The maximum atomic E-state index is 2.34. The van der Waals surface area contributed by atoms with Crippen LogP contribution >= 0.6 is 7.26 Å². The summed E-state index contributed by atoms with van der Waals surface area (Å²) in [6.07, 6.45) is 81.5. The van der Waals surface area contributed by atoms with Gasteiger partial charge in [-0.2, -0.15) is 0 Å². The Labute approximate surface area is 379 Å². The van der Waals surface area contributed by atoms with Crippen molar-refractivity contribution in [3.05, 3.63) is 0 Å². The van der Waals surface area contributed by atoms with Crippen LogP contribution in [0.5, 0.6) is 0 Å². The Morgan fingerprint density at radius 1 is 0.136 bits per heavy atom. The second-order valence-corrected chi connectivity index (χ2v) is 25.8. The van der Waals surface area contributed by atoms with Crippen LogP contribution in [0.3, 0.4) is 0 Å². The number of hydrogen-bond donors (Lipinski definition) is 0. The van der Waals surface area contributed by atoms with E-state index in [4.69, 9.17) is 0 Å². The molecule has 0 amide bonds. The maximum absolute atomic E-state index is 2.34. The van der Waals surface area contributed by atoms with Gasteiger partial charge < -0.3 is 0 Å². The zero-order chi connectivity index (χ0) is 42.7. The molecule has 0 unspecified atom stereocenters. The molecule has 0 saturated carbocycles. The molecule has 0 atom stereocenters. The van der Waals surface area contributed by atoms with Gasteiger partial charge in [-0.15, -0.1) is 0 Å². The Balaban J connectivity index is 4.83. The van der Waals surface area contributed by atoms with Crippen LogP contribution in [-0.4, -0.2) is 24.6 Å². The van der Waals surface area contributed by atoms with E-state index in [2.05, 4.69) is 27.7 Å². The molecule has 0 radical (unpaired) electrons. The molecule has 0 aliphatic heterocycles. The molecule has 0 heterocycles. The van der Waals surface area contributed by atoms with Crippen LogP contribution in [0.25, 0.3) is 0 Å². The first-order valence-electron chi connectivity index (χ1n) is 29.2. The summed E-state index contributed by atoms with van der Waals surface area (Å²) in [7, 11) is -1.19. The molecule has 358 valence electrons. The molecule has 0 rings (SSSR count). The van der Waals surface area contributed by atoms with Crippen LogP contribution in [0.2, 0.25) is 0 Å². The minimum Gasteiger partial charge on any atom is -0.0654 e. The Kier molecular flexibility index (Phi) is 53.2. The third-order valence-corrected chi connectivity index (χ3v) is 20.4. The molecule has 0 spiro atoms. The third-order valence-electron chi connectivity index (χ3n) is 14.7. The van der Waals surface area contributed by atoms with Crippen molar-refractivity contribution >= 4 is 7.26 Å². The van der Waals surface area contributed by atoms with Crippen LogP contribution in [0.1, 0.15) is 349 Å². The van der Waals surface area contributed by atoms with E-state index in [1.54, 1.807) is 76.0 Å². The fourth-order valence-electron chi connectivity index (χ4n) is 10.5. The minimum absolute atomic E-state index is 1.19. The molecule has 0 aliphatic rings. The van der Waals surface area contributed by atoms with E-state index in [-0.39, 0.29) is 0 Å². The SMILES string of the molecule is CCCCCCCCCCCCCCCCCCC[PH](CCCCCCCCCCCCC)(CCCCCCCCCCCCC)CCCCCCCCCCCCC. The van der Waals surface area contributed by atoms with Gasteiger partial charge in [-0.25, -0.2) is 0 Å². The van der Waals surface area contributed by atoms with Gasteiger partial charge in [0.25, 0.3) is 0 Å². The summed E-state index contributed by atoms with van der Waals surface area (Å²) in [6, 6.07) is 0. The van der Waals surface area contributed by atoms with E-state index in [1.807, 2.05) is 0 Å². The molecule has 0 nitrogen and oxygen atoms in total. The summed E-state index contributed by atoms with van der Waals surface area (Å²) in [5.41, 5.74) is 0. The van der Waals surface area contributed by atoms with E-state index in [9.17, 15) is 0 Å². The third kappa shape index (κ3) is 47.7. The first-order chi connectivity index (χ1) is 29.2. The van der Waals surface area contributed by atoms with Crippen LogP contribution in [0.15, 0.2) is 0 Å². The van der Waals surface area contributed by atoms with Crippen molar-refractivity contribution in [2.75, 3.05) is 24.6 Å². The molecule has 0 bridgehead atoms. The second kappa shape index (κ2) is 52.8. The Bertz CT molecular complexity index is 650. The second-order valence-electron chi connectivity index (χ2n) is 20.8. The zero-order valence-electron chi connectivity index (χ0n) is 42.7. The van der Waals surface area contributed by atoms with E-state index in [0.29, 0.717) is 0 Å². The summed E-state index contributed by atoms with van der Waals surface area (Å²) in [6.45, 7) is 9.35. The quantitative estimate of drug-likeness (QED) is 0.0423. The van der Waals surface area contributed by atoms with Crippen LogP contribution < -0.4 is 0 Å². The van der Waals surface area contributed by atoms with E-state index < -0.39 is 7.26 Å². The van der Waals surface area contributed by atoms with Crippen molar-refractivity contribution in [1.82, 2.24) is 0 Å². The smallest absolute Gasteiger partial charge is 0.0654 e. The van der Waals surface area contributed by atoms with E-state index >= 15 is 0 Å². The first-order valence-corrected chi connectivity index (χ1v) is 32.1. The number of hydrogen-bond acceptors (Lipinski definition) is 0. The fraction of sp³-hybridized carbons (Fsp3) is 1.00. The number of rotatable bonds is 54. The molecule has 1 heteroatoms. The molecule has 0 aromatic rings. The van der Waals surface area contributed by atoms with E-state index in [1.165, 1.54) is 270 Å². The average molecular weight is 850 g/mol. The predicted octanol–water partition coefficient (Wildman–Crippen LogP) is 22.3. The molecule has 0 N–H and O–H groups in total. The van der Waals surface area contributed by atoms with Crippen molar-refractivity contribution in [2.24, 2.45) is 0 Å². The Morgan fingerprint density at radius 3 is 0.356 bits per heavy atom. The van der Waals surface area contributed by atoms with Gasteiger partial charge in [0, 0.05) is 0 Å². The minimum atomic E-state index is -1.19. The zero-order valence-corrected chi connectivity index (χ0v) is 43.7. The van der Waals surface area contributed by atoms with Crippen LogP contribution in [-0.2, 0) is 0 Å². The average Bonchev–Trinajstić information content (AvgIpc) is 3.24. The fourth-order valence-corrected chi connectivity index (χ4v) is 16.0. The molecule has 0 aromatic carbocycles. The normalized spacial score (nSPS) is 12.3. The summed E-state index contributed by atoms with van der Waals surface area (Å²) in [5.74, 6) is 0. The van der Waals surface area contributed by atoms with Crippen molar-refractivity contribution in [3.8, 4) is 0 Å². The van der Waals surface area contributed by atoms with E-state index in [0.717, 1.165) is 0 Å². The van der Waals surface area contributed by atoms with Gasteiger partial charge in [0.2, 0.25) is 0 Å². The molecule has 59 heavy (non-hydrogen) atoms. The molecule has 0 fully saturated rings. The van der Waals surface area contributed by atoms with Gasteiger partial charge in [-0.1, -0.05) is 66.2 Å². The Hall–Kier alpha value is 0.430. The summed E-state index contributed by atoms with van der Waals surface area (Å²) < 4.78 is 0. The first kappa shape index (κ1) is 59.4. The van der Waals surface area contributed by atoms with Crippen LogP contribution in [0.4, 0.5) is 0 Å². The van der Waals surface area contributed by atoms with Gasteiger partial charge in [0.1, 0.15) is 0 Å². The van der Waals surface area contributed by atoms with Gasteiger partial charge in [-0.3, -0.25) is 0 Å². The standard InChI is InChI=1S/C58H121P/c1-5-9-13-17-21-25-29-30-31-32-33-34-38-42-46-50-54-58-59(55-51-47-43-39-35-26-22-18-14-10-6-2,56-52-48-44-40-36-27-23-19-15-11-7-3)57-53-49-45-41-37-28-24-20-16-12-8-4/h59H,5-58H2,1-4H3. The number of unbranched alkanes of at least 4 members (excludes halogenated alkanes) is 46. The molecular weight excluding hydrogens is 728 g/mol. The van der Waals surface area contributed by atoms with Crippen molar-refractivity contribution in [3.63, 3.8) is 0 Å². The summed E-state index contributed by atoms with van der Waals surface area (Å²) >= 11 is 0. The summed E-state index contributed by atoms with van der Waals surface area (Å²) in [5, 5.41) is 0. The Morgan fingerprint density at radius 2 is 0.237 bits per heavy atom. The van der Waals surface area contributed by atoms with Gasteiger partial charge >= 0.3 is 314 Å². The van der Waals surface area contributed by atoms with Crippen molar-refractivity contribution in [1.29, 1.82) is 0 Å². The van der Waals surface area contributed by atoms with Crippen LogP contribution in [0, 0.1) is 0 Å². The van der Waals surface area contributed by atoms with Gasteiger partial charge in [0.05, 0.1) is 0 Å². The van der Waals surface area contributed by atoms with Gasteiger partial charge in [-0.05, 0) is 0 Å². The molecule has 0 aromatic heterocycles.